The molecule has 2 N–H and O–H groups in total. The standard InChI is InChI=1S/C29H31Cl2N7O4/c1-4-28(40)35-21-14-22(25(41-3)15-24(21)37-11-9-36(10-12-37)18(2)39)34-26-16-27(33-17-32-26)38-23(8-13-42-38)19-6-5-7-20(30)29(19)31/h4-7,14-17,23H,1,8-13H2,2-3H3,(H,35,40)(H,32,33,34)/t23-/m1/s1. The Morgan fingerprint density at radius 3 is 2.62 bits per heavy atom. The molecule has 1 aromatic heterocycles. The number of methoxy groups -OCH3 is 1. The molecular weight excluding hydrogens is 581 g/mol. The van der Waals surface area contributed by atoms with Crippen LogP contribution in [0.15, 0.2) is 55.4 Å². The molecular formula is C29H31Cl2N7O4. The number of rotatable bonds is 8. The number of amides is 2. The van der Waals surface area contributed by atoms with Gasteiger partial charge in [-0.1, -0.05) is 41.9 Å². The summed E-state index contributed by atoms with van der Waals surface area (Å²) in [5.74, 6) is 1.24. The zero-order chi connectivity index (χ0) is 29.8. The summed E-state index contributed by atoms with van der Waals surface area (Å²) in [6.45, 7) is 8.00. The van der Waals surface area contributed by atoms with Crippen molar-refractivity contribution in [2.45, 2.75) is 19.4 Å². The molecule has 1 atom stereocenters. The van der Waals surface area contributed by atoms with Crippen LogP contribution in [0.25, 0.3) is 0 Å². The molecule has 2 aliphatic heterocycles. The van der Waals surface area contributed by atoms with E-state index in [1.807, 2.05) is 18.2 Å². The fourth-order valence-electron chi connectivity index (χ4n) is 5.07. The lowest BCUT2D eigenvalue weighted by Crippen LogP contribution is -2.48. The molecule has 0 aliphatic carbocycles. The minimum atomic E-state index is -0.351. The molecule has 42 heavy (non-hydrogen) atoms. The van der Waals surface area contributed by atoms with Crippen LogP contribution in [-0.2, 0) is 14.4 Å². The summed E-state index contributed by atoms with van der Waals surface area (Å²) in [5, 5.41) is 8.86. The number of hydroxylamine groups is 1. The second-order valence-corrected chi connectivity index (χ2v) is 10.5. The summed E-state index contributed by atoms with van der Waals surface area (Å²) in [4.78, 5) is 42.8. The van der Waals surface area contributed by atoms with E-state index in [1.54, 1.807) is 42.2 Å². The summed E-state index contributed by atoms with van der Waals surface area (Å²) in [7, 11) is 1.57. The average molecular weight is 613 g/mol. The van der Waals surface area contributed by atoms with E-state index < -0.39 is 0 Å². The largest absolute Gasteiger partial charge is 0.494 e. The van der Waals surface area contributed by atoms with Gasteiger partial charge in [0.15, 0.2) is 5.82 Å². The van der Waals surface area contributed by atoms with Crippen LogP contribution >= 0.6 is 23.2 Å². The lowest BCUT2D eigenvalue weighted by atomic mass is 10.0. The van der Waals surface area contributed by atoms with Crippen LogP contribution in [0.4, 0.5) is 28.7 Å². The lowest BCUT2D eigenvalue weighted by Gasteiger charge is -2.36. The molecule has 0 radical (unpaired) electrons. The summed E-state index contributed by atoms with van der Waals surface area (Å²) < 4.78 is 5.73. The third-order valence-corrected chi connectivity index (χ3v) is 8.05. The maximum atomic E-state index is 12.4. The predicted octanol–water partition coefficient (Wildman–Crippen LogP) is 5.21. The van der Waals surface area contributed by atoms with E-state index in [4.69, 9.17) is 32.8 Å². The molecule has 0 saturated carbocycles. The van der Waals surface area contributed by atoms with E-state index in [0.29, 0.717) is 78.0 Å². The van der Waals surface area contributed by atoms with Crippen molar-refractivity contribution in [3.8, 4) is 5.75 Å². The van der Waals surface area contributed by atoms with Gasteiger partial charge in [0.1, 0.15) is 17.9 Å². The average Bonchev–Trinajstić information content (AvgIpc) is 3.49. The highest BCUT2D eigenvalue weighted by Crippen LogP contribution is 2.41. The molecule has 2 fully saturated rings. The van der Waals surface area contributed by atoms with E-state index in [2.05, 4.69) is 32.1 Å². The predicted molar refractivity (Wildman–Crippen MR) is 164 cm³/mol. The first-order valence-electron chi connectivity index (χ1n) is 13.4. The van der Waals surface area contributed by atoms with Gasteiger partial charge < -0.3 is 25.2 Å². The fourth-order valence-corrected chi connectivity index (χ4v) is 5.51. The Kier molecular flexibility index (Phi) is 9.00. The molecule has 3 heterocycles. The van der Waals surface area contributed by atoms with E-state index in [-0.39, 0.29) is 17.9 Å². The van der Waals surface area contributed by atoms with Gasteiger partial charge in [-0.3, -0.25) is 14.4 Å². The highest BCUT2D eigenvalue weighted by molar-refractivity contribution is 6.42. The van der Waals surface area contributed by atoms with E-state index in [0.717, 1.165) is 11.3 Å². The van der Waals surface area contributed by atoms with Crippen molar-refractivity contribution in [1.29, 1.82) is 0 Å². The topological polar surface area (TPSA) is 112 Å². The zero-order valence-corrected chi connectivity index (χ0v) is 24.8. The van der Waals surface area contributed by atoms with Crippen LogP contribution in [0.2, 0.25) is 10.0 Å². The minimum absolute atomic E-state index is 0.0393. The molecule has 0 bridgehead atoms. The summed E-state index contributed by atoms with van der Waals surface area (Å²) in [6.07, 6.45) is 3.35. The van der Waals surface area contributed by atoms with Crippen LogP contribution in [0, 0.1) is 0 Å². The number of benzene rings is 2. The van der Waals surface area contributed by atoms with Gasteiger partial charge in [0.05, 0.1) is 46.9 Å². The first kappa shape index (κ1) is 29.4. The molecule has 5 rings (SSSR count). The molecule has 2 saturated heterocycles. The van der Waals surface area contributed by atoms with Gasteiger partial charge in [0, 0.05) is 51.7 Å². The first-order valence-corrected chi connectivity index (χ1v) is 14.2. The Balaban J connectivity index is 1.43. The third kappa shape index (κ3) is 6.23. The number of anilines is 5. The van der Waals surface area contributed by atoms with Crippen molar-refractivity contribution in [3.05, 3.63) is 71.0 Å². The molecule has 2 aromatic carbocycles. The second kappa shape index (κ2) is 12.8. The monoisotopic (exact) mass is 611 g/mol. The number of carbonyl (C=O) groups is 2. The highest BCUT2D eigenvalue weighted by Gasteiger charge is 2.31. The Bertz CT molecular complexity index is 1500. The van der Waals surface area contributed by atoms with Crippen LogP contribution in [0.5, 0.6) is 5.75 Å². The number of hydrogen-bond donors (Lipinski definition) is 2. The van der Waals surface area contributed by atoms with Gasteiger partial charge in [0.2, 0.25) is 11.8 Å². The smallest absolute Gasteiger partial charge is 0.247 e. The number of piperazine rings is 1. The normalized spacial score (nSPS) is 16.8. The Labute approximate surface area is 254 Å². The van der Waals surface area contributed by atoms with Gasteiger partial charge in [0.25, 0.3) is 0 Å². The first-order chi connectivity index (χ1) is 20.3. The molecule has 3 aromatic rings. The Morgan fingerprint density at radius 1 is 1.12 bits per heavy atom. The number of aromatic nitrogens is 2. The number of carbonyl (C=O) groups excluding carboxylic acids is 2. The fraction of sp³-hybridized carbons (Fsp3) is 0.310. The second-order valence-electron chi connectivity index (χ2n) is 9.75. The molecule has 2 amide bonds. The number of ether oxygens (including phenoxy) is 1. The maximum Gasteiger partial charge on any atom is 0.247 e. The SMILES string of the molecule is C=CC(=O)Nc1cc(Nc2cc(N3OCC[C@@H]3c3cccc(Cl)c3Cl)ncn2)c(OC)cc1N1CCN(C(C)=O)CC1. The highest BCUT2D eigenvalue weighted by atomic mass is 35.5. The van der Waals surface area contributed by atoms with Crippen LogP contribution in [-0.4, -0.2) is 66.6 Å². The quantitative estimate of drug-likeness (QED) is 0.331. The number of hydrogen-bond acceptors (Lipinski definition) is 9. The summed E-state index contributed by atoms with van der Waals surface area (Å²) in [6, 6.07) is 10.7. The van der Waals surface area contributed by atoms with Gasteiger partial charge in [-0.05, 0) is 23.8 Å². The van der Waals surface area contributed by atoms with E-state index in [9.17, 15) is 9.59 Å². The Morgan fingerprint density at radius 2 is 1.90 bits per heavy atom. The number of halogens is 2. The number of nitrogens with one attached hydrogen (secondary N) is 2. The minimum Gasteiger partial charge on any atom is -0.494 e. The summed E-state index contributed by atoms with van der Waals surface area (Å²) in [5.41, 5.74) is 2.75. The van der Waals surface area contributed by atoms with Crippen LogP contribution in [0.3, 0.4) is 0 Å². The van der Waals surface area contributed by atoms with Crippen LogP contribution in [0.1, 0.15) is 24.9 Å². The molecule has 220 valence electrons. The van der Waals surface area contributed by atoms with Crippen molar-refractivity contribution in [3.63, 3.8) is 0 Å². The van der Waals surface area contributed by atoms with Gasteiger partial charge in [-0.15, -0.1) is 0 Å². The van der Waals surface area contributed by atoms with Crippen molar-refractivity contribution < 1.29 is 19.2 Å². The molecule has 11 nitrogen and oxygen atoms in total. The molecule has 0 spiro atoms. The van der Waals surface area contributed by atoms with E-state index in [1.165, 1.54) is 12.4 Å². The third-order valence-electron chi connectivity index (χ3n) is 7.21. The van der Waals surface area contributed by atoms with Gasteiger partial charge in [-0.2, -0.15) is 0 Å². The van der Waals surface area contributed by atoms with E-state index >= 15 is 0 Å². The van der Waals surface area contributed by atoms with Crippen molar-refractivity contribution in [2.75, 3.05) is 60.5 Å². The zero-order valence-electron chi connectivity index (χ0n) is 23.3. The summed E-state index contributed by atoms with van der Waals surface area (Å²) >= 11 is 12.8. The molecule has 13 heteroatoms. The number of nitrogens with zero attached hydrogens (tertiary/aromatic N) is 5. The van der Waals surface area contributed by atoms with Gasteiger partial charge >= 0.3 is 0 Å². The molecule has 0 unspecified atom stereocenters. The van der Waals surface area contributed by atoms with Crippen molar-refractivity contribution in [2.24, 2.45) is 0 Å². The van der Waals surface area contributed by atoms with Crippen molar-refractivity contribution >= 4 is 63.7 Å². The van der Waals surface area contributed by atoms with Crippen LogP contribution < -0.4 is 25.3 Å². The maximum absolute atomic E-state index is 12.4. The Hall–Kier alpha value is -4.06. The van der Waals surface area contributed by atoms with Crippen molar-refractivity contribution in [1.82, 2.24) is 14.9 Å². The van der Waals surface area contributed by atoms with Gasteiger partial charge in [-0.25, -0.2) is 15.0 Å². The molecule has 2 aliphatic rings. The lowest BCUT2D eigenvalue weighted by molar-refractivity contribution is -0.129.